The highest BCUT2D eigenvalue weighted by Gasteiger charge is 2.19. The van der Waals surface area contributed by atoms with Gasteiger partial charge in [-0.3, -0.25) is 9.69 Å². The standard InChI is InChI=1S/C22H34N2O2/c25-15-5-13-24-14-12-21-19(8-4-9-20(21)17-24)16-23-22(26)11-10-18-6-2-1-3-7-18/h4,8-9,18,25H,1-3,5-7,10-17H2,(H,23,26). The zero-order valence-electron chi connectivity index (χ0n) is 16.0. The largest absolute Gasteiger partial charge is 0.396 e. The number of rotatable bonds is 8. The van der Waals surface area contributed by atoms with Crippen LogP contribution in [-0.4, -0.2) is 35.6 Å². The van der Waals surface area contributed by atoms with E-state index in [0.717, 1.165) is 44.8 Å². The molecule has 3 rings (SSSR count). The third-order valence-electron chi connectivity index (χ3n) is 6.05. The van der Waals surface area contributed by atoms with Gasteiger partial charge in [0, 0.05) is 39.2 Å². The highest BCUT2D eigenvalue weighted by Crippen LogP contribution is 2.27. The van der Waals surface area contributed by atoms with Crippen molar-refractivity contribution in [1.29, 1.82) is 0 Å². The summed E-state index contributed by atoms with van der Waals surface area (Å²) in [6, 6.07) is 6.47. The lowest BCUT2D eigenvalue weighted by Crippen LogP contribution is -2.33. The van der Waals surface area contributed by atoms with E-state index in [1.807, 2.05) is 0 Å². The lowest BCUT2D eigenvalue weighted by Gasteiger charge is -2.30. The van der Waals surface area contributed by atoms with E-state index in [9.17, 15) is 4.79 Å². The summed E-state index contributed by atoms with van der Waals surface area (Å²) in [5.41, 5.74) is 4.07. The second-order valence-corrected chi connectivity index (χ2v) is 7.98. The van der Waals surface area contributed by atoms with Gasteiger partial charge in [-0.15, -0.1) is 0 Å². The van der Waals surface area contributed by atoms with Gasteiger partial charge in [-0.1, -0.05) is 50.3 Å². The average Bonchev–Trinajstić information content (AvgIpc) is 2.69. The van der Waals surface area contributed by atoms with Crippen LogP contribution in [-0.2, 0) is 24.3 Å². The normalized spacial score (nSPS) is 18.5. The third kappa shape index (κ3) is 5.55. The summed E-state index contributed by atoms with van der Waals surface area (Å²) in [5.74, 6) is 0.970. The lowest BCUT2D eigenvalue weighted by molar-refractivity contribution is -0.121. The molecule has 1 heterocycles. The van der Waals surface area contributed by atoms with E-state index in [-0.39, 0.29) is 12.5 Å². The van der Waals surface area contributed by atoms with Crippen molar-refractivity contribution in [2.45, 2.75) is 70.9 Å². The van der Waals surface area contributed by atoms with Gasteiger partial charge in [0.1, 0.15) is 0 Å². The van der Waals surface area contributed by atoms with Gasteiger partial charge in [-0.25, -0.2) is 0 Å². The quantitative estimate of drug-likeness (QED) is 0.749. The van der Waals surface area contributed by atoms with Crippen LogP contribution in [0.2, 0.25) is 0 Å². The molecule has 26 heavy (non-hydrogen) atoms. The molecule has 0 atom stereocenters. The Morgan fingerprint density at radius 3 is 2.88 bits per heavy atom. The van der Waals surface area contributed by atoms with Crippen molar-refractivity contribution in [2.24, 2.45) is 5.92 Å². The minimum Gasteiger partial charge on any atom is -0.396 e. The molecule has 4 nitrogen and oxygen atoms in total. The molecule has 4 heteroatoms. The van der Waals surface area contributed by atoms with E-state index in [0.29, 0.717) is 13.0 Å². The molecule has 0 unspecified atom stereocenters. The molecule has 1 aliphatic heterocycles. The molecule has 0 spiro atoms. The fraction of sp³-hybridized carbons (Fsp3) is 0.682. The van der Waals surface area contributed by atoms with E-state index in [4.69, 9.17) is 5.11 Å². The number of aliphatic hydroxyl groups excluding tert-OH is 1. The summed E-state index contributed by atoms with van der Waals surface area (Å²) in [6.45, 7) is 3.87. The first-order valence-electron chi connectivity index (χ1n) is 10.5. The second-order valence-electron chi connectivity index (χ2n) is 7.98. The Balaban J connectivity index is 1.47. The first kappa shape index (κ1) is 19.4. The molecule has 2 N–H and O–H groups in total. The van der Waals surface area contributed by atoms with Crippen LogP contribution in [0.15, 0.2) is 18.2 Å². The van der Waals surface area contributed by atoms with Crippen LogP contribution in [0, 0.1) is 5.92 Å². The van der Waals surface area contributed by atoms with Crippen molar-refractivity contribution in [2.75, 3.05) is 19.7 Å². The zero-order chi connectivity index (χ0) is 18.2. The summed E-state index contributed by atoms with van der Waals surface area (Å²) in [6.07, 6.45) is 10.3. The molecule has 1 fully saturated rings. The van der Waals surface area contributed by atoms with Gasteiger partial charge in [-0.05, 0) is 41.9 Å². The predicted molar refractivity (Wildman–Crippen MR) is 105 cm³/mol. The highest BCUT2D eigenvalue weighted by atomic mass is 16.3. The topological polar surface area (TPSA) is 52.6 Å². The van der Waals surface area contributed by atoms with Crippen LogP contribution in [0.3, 0.4) is 0 Å². The molecule has 1 aromatic rings. The number of hydrogen-bond donors (Lipinski definition) is 2. The molecule has 1 amide bonds. The molecule has 0 bridgehead atoms. The van der Waals surface area contributed by atoms with Crippen molar-refractivity contribution in [1.82, 2.24) is 10.2 Å². The minimum atomic E-state index is 0.202. The van der Waals surface area contributed by atoms with Crippen molar-refractivity contribution >= 4 is 5.91 Å². The van der Waals surface area contributed by atoms with Crippen molar-refractivity contribution in [3.05, 3.63) is 34.9 Å². The van der Waals surface area contributed by atoms with Crippen molar-refractivity contribution in [3.63, 3.8) is 0 Å². The maximum Gasteiger partial charge on any atom is 0.220 e. The summed E-state index contributed by atoms with van der Waals surface area (Å²) in [4.78, 5) is 14.7. The highest BCUT2D eigenvalue weighted by molar-refractivity contribution is 5.75. The van der Waals surface area contributed by atoms with E-state index in [1.54, 1.807) is 0 Å². The molecule has 2 aliphatic rings. The van der Waals surface area contributed by atoms with Gasteiger partial charge in [0.15, 0.2) is 0 Å². The number of aliphatic hydroxyl groups is 1. The van der Waals surface area contributed by atoms with E-state index >= 15 is 0 Å². The SMILES string of the molecule is O=C(CCC1CCCCC1)NCc1cccc2c1CCN(CCCO)C2. The van der Waals surface area contributed by atoms with Crippen LogP contribution in [0.4, 0.5) is 0 Å². The number of hydrogen-bond acceptors (Lipinski definition) is 3. The van der Waals surface area contributed by atoms with Gasteiger partial charge >= 0.3 is 0 Å². The molecule has 0 aromatic heterocycles. The third-order valence-corrected chi connectivity index (χ3v) is 6.05. The van der Waals surface area contributed by atoms with Crippen LogP contribution in [0.1, 0.15) is 68.1 Å². The summed E-state index contributed by atoms with van der Waals surface area (Å²) in [7, 11) is 0. The van der Waals surface area contributed by atoms with Crippen LogP contribution in [0.25, 0.3) is 0 Å². The monoisotopic (exact) mass is 358 g/mol. The first-order chi connectivity index (χ1) is 12.8. The Labute approximate surface area is 158 Å². The fourth-order valence-corrected chi connectivity index (χ4v) is 4.49. The first-order valence-corrected chi connectivity index (χ1v) is 10.5. The summed E-state index contributed by atoms with van der Waals surface area (Å²) in [5, 5.41) is 12.2. The van der Waals surface area contributed by atoms with Crippen LogP contribution < -0.4 is 5.32 Å². The van der Waals surface area contributed by atoms with Crippen LogP contribution in [0.5, 0.6) is 0 Å². The number of nitrogens with one attached hydrogen (secondary N) is 1. The maximum absolute atomic E-state index is 12.3. The molecule has 0 radical (unpaired) electrons. The Bertz CT molecular complexity index is 582. The van der Waals surface area contributed by atoms with Crippen molar-refractivity contribution < 1.29 is 9.90 Å². The van der Waals surface area contributed by atoms with Gasteiger partial charge in [0.2, 0.25) is 5.91 Å². The van der Waals surface area contributed by atoms with Gasteiger partial charge in [0.25, 0.3) is 0 Å². The Morgan fingerprint density at radius 1 is 1.23 bits per heavy atom. The molecule has 144 valence electrons. The van der Waals surface area contributed by atoms with Crippen molar-refractivity contribution in [3.8, 4) is 0 Å². The number of nitrogens with zero attached hydrogens (tertiary/aromatic N) is 1. The number of carbonyl (C=O) groups excluding carboxylic acids is 1. The van der Waals surface area contributed by atoms with E-state index in [1.165, 1.54) is 48.8 Å². The predicted octanol–water partition coefficient (Wildman–Crippen LogP) is 3.40. The summed E-state index contributed by atoms with van der Waals surface area (Å²) < 4.78 is 0. The van der Waals surface area contributed by atoms with E-state index < -0.39 is 0 Å². The average molecular weight is 359 g/mol. The number of benzene rings is 1. The fourth-order valence-electron chi connectivity index (χ4n) is 4.49. The summed E-state index contributed by atoms with van der Waals surface area (Å²) >= 11 is 0. The zero-order valence-corrected chi connectivity index (χ0v) is 16.0. The number of carbonyl (C=O) groups is 1. The van der Waals surface area contributed by atoms with Gasteiger partial charge < -0.3 is 10.4 Å². The van der Waals surface area contributed by atoms with E-state index in [2.05, 4.69) is 28.4 Å². The Morgan fingerprint density at radius 2 is 2.08 bits per heavy atom. The lowest BCUT2D eigenvalue weighted by atomic mass is 9.86. The van der Waals surface area contributed by atoms with Crippen LogP contribution >= 0.6 is 0 Å². The second kappa shape index (κ2) is 10.1. The maximum atomic E-state index is 12.3. The molecule has 1 aliphatic carbocycles. The number of amides is 1. The molecule has 0 saturated heterocycles. The molecule has 1 aromatic carbocycles. The molecular weight excluding hydrogens is 324 g/mol. The Kier molecular flexibility index (Phi) is 7.51. The molecule has 1 saturated carbocycles. The van der Waals surface area contributed by atoms with Gasteiger partial charge in [-0.2, -0.15) is 0 Å². The molecular formula is C22H34N2O2. The van der Waals surface area contributed by atoms with Gasteiger partial charge in [0.05, 0.1) is 0 Å². The number of fused-ring (bicyclic) bond motifs is 1. The smallest absolute Gasteiger partial charge is 0.220 e. The minimum absolute atomic E-state index is 0.202. The Hall–Kier alpha value is -1.39.